The fourth-order valence-electron chi connectivity index (χ4n) is 3.00. The van der Waals surface area contributed by atoms with Crippen LogP contribution >= 0.6 is 15.9 Å². The summed E-state index contributed by atoms with van der Waals surface area (Å²) in [5.74, 6) is 0.172. The number of halogens is 2. The van der Waals surface area contributed by atoms with Crippen LogP contribution in [0.4, 0.5) is 4.39 Å². The Morgan fingerprint density at radius 2 is 2.00 bits per heavy atom. The molecule has 2 rings (SSSR count). The molecule has 1 fully saturated rings. The maximum absolute atomic E-state index is 13.6. The minimum absolute atomic E-state index is 0.0732. The number of amides is 1. The molecule has 4 heteroatoms. The van der Waals surface area contributed by atoms with Gasteiger partial charge < -0.3 is 4.90 Å². The van der Waals surface area contributed by atoms with Gasteiger partial charge in [-0.15, -0.1) is 0 Å². The van der Waals surface area contributed by atoms with Gasteiger partial charge >= 0.3 is 0 Å². The number of carbonyl (C=O) groups excluding carboxylic acids is 1. The molecule has 1 aliphatic rings. The second kappa shape index (κ2) is 6.47. The van der Waals surface area contributed by atoms with E-state index in [1.165, 1.54) is 6.07 Å². The minimum atomic E-state index is -0.386. The van der Waals surface area contributed by atoms with Crippen molar-refractivity contribution in [1.29, 1.82) is 0 Å². The SMILES string of the molecule is CC(C)(C)C1CCCN(C(=O)c2cccc(F)c2Br)CC1. The molecule has 1 heterocycles. The molecule has 0 N–H and O–H groups in total. The Morgan fingerprint density at radius 1 is 1.29 bits per heavy atom. The molecule has 21 heavy (non-hydrogen) atoms. The van der Waals surface area contributed by atoms with Crippen LogP contribution in [0.25, 0.3) is 0 Å². The number of benzene rings is 1. The summed E-state index contributed by atoms with van der Waals surface area (Å²) in [7, 11) is 0. The lowest BCUT2D eigenvalue weighted by Crippen LogP contribution is -2.32. The van der Waals surface area contributed by atoms with Crippen molar-refractivity contribution in [3.8, 4) is 0 Å². The second-order valence-corrected chi connectivity index (χ2v) is 7.68. The summed E-state index contributed by atoms with van der Waals surface area (Å²) >= 11 is 3.19. The van der Waals surface area contributed by atoms with Crippen molar-refractivity contribution in [3.05, 3.63) is 34.1 Å². The number of likely N-dealkylation sites (tertiary alicyclic amines) is 1. The molecule has 116 valence electrons. The lowest BCUT2D eigenvalue weighted by Gasteiger charge is -2.29. The molecule has 0 spiro atoms. The van der Waals surface area contributed by atoms with E-state index in [2.05, 4.69) is 36.7 Å². The predicted molar refractivity (Wildman–Crippen MR) is 86.8 cm³/mol. The van der Waals surface area contributed by atoms with Gasteiger partial charge in [-0.25, -0.2) is 4.39 Å². The summed E-state index contributed by atoms with van der Waals surface area (Å²) in [4.78, 5) is 14.5. The van der Waals surface area contributed by atoms with Gasteiger partial charge in [-0.1, -0.05) is 26.8 Å². The number of nitrogens with zero attached hydrogens (tertiary/aromatic N) is 1. The van der Waals surface area contributed by atoms with Gasteiger partial charge in [0.05, 0.1) is 10.0 Å². The summed E-state index contributed by atoms with van der Waals surface area (Å²) in [6.07, 6.45) is 3.18. The van der Waals surface area contributed by atoms with E-state index < -0.39 is 0 Å². The van der Waals surface area contributed by atoms with Crippen LogP contribution in [-0.4, -0.2) is 23.9 Å². The summed E-state index contributed by atoms with van der Waals surface area (Å²) < 4.78 is 13.9. The highest BCUT2D eigenvalue weighted by Gasteiger charge is 2.29. The van der Waals surface area contributed by atoms with Gasteiger partial charge in [-0.2, -0.15) is 0 Å². The first kappa shape index (κ1) is 16.5. The first-order valence-electron chi connectivity index (χ1n) is 7.54. The minimum Gasteiger partial charge on any atom is -0.339 e. The molecule has 1 unspecified atom stereocenters. The number of carbonyl (C=O) groups is 1. The highest BCUT2D eigenvalue weighted by Crippen LogP contribution is 2.34. The number of rotatable bonds is 1. The van der Waals surface area contributed by atoms with Gasteiger partial charge in [0.25, 0.3) is 5.91 Å². The largest absolute Gasteiger partial charge is 0.339 e. The molecule has 0 bridgehead atoms. The van der Waals surface area contributed by atoms with Crippen molar-refractivity contribution in [3.63, 3.8) is 0 Å². The molecule has 2 nitrogen and oxygen atoms in total. The van der Waals surface area contributed by atoms with Crippen LogP contribution in [0.5, 0.6) is 0 Å². The van der Waals surface area contributed by atoms with E-state index in [-0.39, 0.29) is 21.6 Å². The lowest BCUT2D eigenvalue weighted by molar-refractivity contribution is 0.0754. The fourth-order valence-corrected chi connectivity index (χ4v) is 3.44. The van der Waals surface area contributed by atoms with Gasteiger partial charge in [0.15, 0.2) is 0 Å². The van der Waals surface area contributed by atoms with E-state index in [9.17, 15) is 9.18 Å². The van der Waals surface area contributed by atoms with Gasteiger partial charge in [0.1, 0.15) is 5.82 Å². The zero-order valence-electron chi connectivity index (χ0n) is 13.0. The van der Waals surface area contributed by atoms with Gasteiger partial charge in [-0.05, 0) is 58.7 Å². The topological polar surface area (TPSA) is 20.3 Å². The van der Waals surface area contributed by atoms with E-state index >= 15 is 0 Å². The average molecular weight is 356 g/mol. The van der Waals surface area contributed by atoms with Crippen molar-refractivity contribution in [1.82, 2.24) is 4.90 Å². The Hall–Kier alpha value is -0.900. The van der Waals surface area contributed by atoms with Crippen LogP contribution < -0.4 is 0 Å². The maximum Gasteiger partial charge on any atom is 0.255 e. The van der Waals surface area contributed by atoms with Gasteiger partial charge in [-0.3, -0.25) is 4.79 Å². The Labute approximate surface area is 134 Å². The van der Waals surface area contributed by atoms with Crippen molar-refractivity contribution < 1.29 is 9.18 Å². The Balaban J connectivity index is 2.12. The fraction of sp³-hybridized carbons (Fsp3) is 0.588. The van der Waals surface area contributed by atoms with Crippen LogP contribution in [-0.2, 0) is 0 Å². The van der Waals surface area contributed by atoms with Crippen molar-refractivity contribution in [2.24, 2.45) is 11.3 Å². The van der Waals surface area contributed by atoms with Crippen LogP contribution in [0, 0.1) is 17.2 Å². The molecule has 1 amide bonds. The molecule has 1 saturated heterocycles. The third-order valence-corrected chi connectivity index (χ3v) is 5.23. The Morgan fingerprint density at radius 3 is 2.67 bits per heavy atom. The molecule has 1 aromatic carbocycles. The smallest absolute Gasteiger partial charge is 0.255 e. The van der Waals surface area contributed by atoms with E-state index in [0.29, 0.717) is 11.5 Å². The first-order valence-corrected chi connectivity index (χ1v) is 8.33. The van der Waals surface area contributed by atoms with E-state index in [1.54, 1.807) is 12.1 Å². The molecule has 1 aliphatic heterocycles. The third kappa shape index (κ3) is 3.85. The first-order chi connectivity index (χ1) is 9.80. The quantitative estimate of drug-likeness (QED) is 0.703. The highest BCUT2D eigenvalue weighted by molar-refractivity contribution is 9.10. The molecule has 0 aliphatic carbocycles. The van der Waals surface area contributed by atoms with Crippen molar-refractivity contribution >= 4 is 21.8 Å². The van der Waals surface area contributed by atoms with Crippen LogP contribution in [0.1, 0.15) is 50.4 Å². The molecular weight excluding hydrogens is 333 g/mol. The van der Waals surface area contributed by atoms with Crippen LogP contribution in [0.2, 0.25) is 0 Å². The standard InChI is InChI=1S/C17H23BrFNO/c1-17(2,3)12-6-5-10-20(11-9-12)16(21)13-7-4-8-14(19)15(13)18/h4,7-8,12H,5-6,9-11H2,1-3H3. The van der Waals surface area contributed by atoms with E-state index in [1.807, 2.05) is 4.90 Å². The molecule has 0 aromatic heterocycles. The Kier molecular flexibility index (Phi) is 5.07. The molecule has 1 atom stereocenters. The summed E-state index contributed by atoms with van der Waals surface area (Å²) in [6.45, 7) is 8.30. The normalized spacial score (nSPS) is 20.2. The summed E-state index contributed by atoms with van der Waals surface area (Å²) in [6, 6.07) is 4.63. The molecule has 0 saturated carbocycles. The van der Waals surface area contributed by atoms with Gasteiger partial charge in [0, 0.05) is 13.1 Å². The van der Waals surface area contributed by atoms with E-state index in [0.717, 1.165) is 32.4 Å². The molecular formula is C17H23BrFNO. The lowest BCUT2D eigenvalue weighted by atomic mass is 9.77. The molecule has 0 radical (unpaired) electrons. The highest BCUT2D eigenvalue weighted by atomic mass is 79.9. The third-order valence-electron chi connectivity index (χ3n) is 4.42. The Bertz CT molecular complexity index is 524. The van der Waals surface area contributed by atoms with Gasteiger partial charge in [0.2, 0.25) is 0 Å². The summed E-state index contributed by atoms with van der Waals surface area (Å²) in [5, 5.41) is 0. The zero-order chi connectivity index (χ0) is 15.6. The average Bonchev–Trinajstić information content (AvgIpc) is 2.66. The van der Waals surface area contributed by atoms with Crippen molar-refractivity contribution in [2.75, 3.05) is 13.1 Å². The van der Waals surface area contributed by atoms with Crippen molar-refractivity contribution in [2.45, 2.75) is 40.0 Å². The maximum atomic E-state index is 13.6. The van der Waals surface area contributed by atoms with E-state index in [4.69, 9.17) is 0 Å². The van der Waals surface area contributed by atoms with Crippen LogP contribution in [0.3, 0.4) is 0 Å². The zero-order valence-corrected chi connectivity index (χ0v) is 14.5. The second-order valence-electron chi connectivity index (χ2n) is 6.89. The monoisotopic (exact) mass is 355 g/mol. The summed E-state index contributed by atoms with van der Waals surface area (Å²) in [5.41, 5.74) is 0.697. The van der Waals surface area contributed by atoms with Crippen LogP contribution in [0.15, 0.2) is 22.7 Å². The number of hydrogen-bond donors (Lipinski definition) is 0. The molecule has 1 aromatic rings. The predicted octanol–water partition coefficient (Wildman–Crippen LogP) is 4.88. The number of hydrogen-bond acceptors (Lipinski definition) is 1.